The van der Waals surface area contributed by atoms with Crippen LogP contribution in [0.2, 0.25) is 0 Å². The third-order valence-electron chi connectivity index (χ3n) is 3.11. The van der Waals surface area contributed by atoms with Crippen molar-refractivity contribution in [2.75, 3.05) is 16.8 Å². The van der Waals surface area contributed by atoms with Gasteiger partial charge in [0.2, 0.25) is 0 Å². The molecule has 0 radical (unpaired) electrons. The molecule has 1 fully saturated rings. The van der Waals surface area contributed by atoms with Gasteiger partial charge in [-0.05, 0) is 18.6 Å². The molecule has 2 rings (SSSR count). The quantitative estimate of drug-likeness (QED) is 0.885. The number of thioether (sulfide) groups is 1. The van der Waals surface area contributed by atoms with Gasteiger partial charge in [-0.25, -0.2) is 13.8 Å². The summed E-state index contributed by atoms with van der Waals surface area (Å²) in [6.07, 6.45) is 3.22. The molecule has 1 heterocycles. The Kier molecular flexibility index (Phi) is 4.27. The molecule has 1 aromatic rings. The molecule has 18 heavy (non-hydrogen) atoms. The van der Waals surface area contributed by atoms with Crippen molar-refractivity contribution in [2.45, 2.75) is 37.5 Å². The summed E-state index contributed by atoms with van der Waals surface area (Å²) < 4.78 is 26.6. The van der Waals surface area contributed by atoms with Crippen LogP contribution in [0.15, 0.2) is 6.07 Å². The lowest BCUT2D eigenvalue weighted by molar-refractivity contribution is 0.576. The summed E-state index contributed by atoms with van der Waals surface area (Å²) in [7, 11) is 0. The second-order valence-electron chi connectivity index (χ2n) is 4.36. The van der Waals surface area contributed by atoms with Gasteiger partial charge in [-0.15, -0.1) is 0 Å². The second-order valence-corrected chi connectivity index (χ2v) is 5.88. The summed E-state index contributed by atoms with van der Waals surface area (Å²) >= 11 is 1.86. The van der Waals surface area contributed by atoms with E-state index in [1.807, 2.05) is 11.8 Å². The number of nitrogen functional groups attached to an aromatic ring is 1. The zero-order chi connectivity index (χ0) is 13.1. The van der Waals surface area contributed by atoms with Crippen molar-refractivity contribution < 1.29 is 8.78 Å². The minimum absolute atomic E-state index is 0.0579. The van der Waals surface area contributed by atoms with Gasteiger partial charge >= 0.3 is 0 Å². The predicted octanol–water partition coefficient (Wildman–Crippen LogP) is 3.03. The Morgan fingerprint density at radius 2 is 2.22 bits per heavy atom. The van der Waals surface area contributed by atoms with Crippen LogP contribution in [0.4, 0.5) is 20.4 Å². The third kappa shape index (κ3) is 2.85. The van der Waals surface area contributed by atoms with Gasteiger partial charge in [-0.1, -0.05) is 13.3 Å². The second kappa shape index (κ2) is 5.73. The Balaban J connectivity index is 2.11. The molecular formula is C12H17F2N3S. The summed E-state index contributed by atoms with van der Waals surface area (Å²) in [5.74, 6) is -0.679. The first kappa shape index (κ1) is 13.4. The van der Waals surface area contributed by atoms with Crippen LogP contribution in [0.1, 0.15) is 26.2 Å². The third-order valence-corrected chi connectivity index (χ3v) is 4.44. The molecule has 2 unspecified atom stereocenters. The van der Waals surface area contributed by atoms with Crippen LogP contribution in [0.5, 0.6) is 0 Å². The maximum atomic E-state index is 13.6. The lowest BCUT2D eigenvalue weighted by Gasteiger charge is -2.21. The number of hydrogen-bond donors (Lipinski definition) is 2. The number of nitrogens with two attached hydrogens (primary N) is 1. The lowest BCUT2D eigenvalue weighted by atomic mass is 10.2. The van der Waals surface area contributed by atoms with Gasteiger partial charge in [-0.2, -0.15) is 11.8 Å². The highest BCUT2D eigenvalue weighted by molar-refractivity contribution is 7.99. The van der Waals surface area contributed by atoms with E-state index in [0.717, 1.165) is 31.1 Å². The van der Waals surface area contributed by atoms with Crippen LogP contribution in [-0.2, 0) is 0 Å². The molecular weight excluding hydrogens is 256 g/mol. The summed E-state index contributed by atoms with van der Waals surface area (Å²) in [5.41, 5.74) is 5.36. The van der Waals surface area contributed by atoms with E-state index in [1.54, 1.807) is 0 Å². The number of rotatable bonds is 4. The molecule has 0 aromatic carbocycles. The molecule has 1 saturated carbocycles. The SMILES string of the molecule is CCSC1CCCC1Nc1nc(N)c(F)cc1F. The van der Waals surface area contributed by atoms with Crippen molar-refractivity contribution in [3.8, 4) is 0 Å². The van der Waals surface area contributed by atoms with E-state index in [-0.39, 0.29) is 17.7 Å². The predicted molar refractivity (Wildman–Crippen MR) is 71.7 cm³/mol. The Bertz CT molecular complexity index is 428. The van der Waals surface area contributed by atoms with Gasteiger partial charge in [0, 0.05) is 17.4 Å². The largest absolute Gasteiger partial charge is 0.381 e. The van der Waals surface area contributed by atoms with Gasteiger partial charge in [0.25, 0.3) is 0 Å². The fourth-order valence-electron chi connectivity index (χ4n) is 2.26. The van der Waals surface area contributed by atoms with Gasteiger partial charge in [0.1, 0.15) is 0 Å². The molecule has 0 bridgehead atoms. The molecule has 1 aromatic heterocycles. The van der Waals surface area contributed by atoms with Crippen LogP contribution in [0, 0.1) is 11.6 Å². The Morgan fingerprint density at radius 3 is 2.94 bits per heavy atom. The highest BCUT2D eigenvalue weighted by Gasteiger charge is 2.28. The van der Waals surface area contributed by atoms with Crippen molar-refractivity contribution in [3.63, 3.8) is 0 Å². The summed E-state index contributed by atoms with van der Waals surface area (Å²) in [4.78, 5) is 3.74. The van der Waals surface area contributed by atoms with Gasteiger partial charge in [0.05, 0.1) is 0 Å². The van der Waals surface area contributed by atoms with Crippen molar-refractivity contribution in [3.05, 3.63) is 17.7 Å². The van der Waals surface area contributed by atoms with Crippen molar-refractivity contribution in [2.24, 2.45) is 0 Å². The van der Waals surface area contributed by atoms with E-state index < -0.39 is 11.6 Å². The number of anilines is 2. The summed E-state index contributed by atoms with van der Waals surface area (Å²) in [5, 5.41) is 3.52. The molecule has 0 spiro atoms. The maximum absolute atomic E-state index is 13.6. The number of nitrogens with one attached hydrogen (secondary N) is 1. The topological polar surface area (TPSA) is 50.9 Å². The fourth-order valence-corrected chi connectivity index (χ4v) is 3.46. The van der Waals surface area contributed by atoms with Crippen LogP contribution >= 0.6 is 11.8 Å². The molecule has 100 valence electrons. The summed E-state index contributed by atoms with van der Waals surface area (Å²) in [6.45, 7) is 2.11. The van der Waals surface area contributed by atoms with E-state index in [2.05, 4.69) is 17.2 Å². The molecule has 3 N–H and O–H groups in total. The van der Waals surface area contributed by atoms with E-state index in [4.69, 9.17) is 5.73 Å². The average Bonchev–Trinajstić information content (AvgIpc) is 2.74. The Morgan fingerprint density at radius 1 is 1.44 bits per heavy atom. The van der Waals surface area contributed by atoms with E-state index in [0.29, 0.717) is 5.25 Å². The first-order valence-electron chi connectivity index (χ1n) is 6.11. The minimum atomic E-state index is -0.816. The minimum Gasteiger partial charge on any atom is -0.381 e. The Labute approximate surface area is 110 Å². The van der Waals surface area contributed by atoms with Crippen molar-refractivity contribution >= 4 is 23.4 Å². The van der Waals surface area contributed by atoms with Gasteiger partial charge < -0.3 is 11.1 Å². The fraction of sp³-hybridized carbons (Fsp3) is 0.583. The number of halogens is 2. The molecule has 6 heteroatoms. The molecule has 1 aliphatic rings. The standard InChI is InChI=1S/C12H17F2N3S/c1-2-18-10-5-3-4-9(10)16-12-8(14)6-7(13)11(15)17-12/h6,9-10H,2-5H2,1H3,(H3,15,16,17). The number of pyridine rings is 1. The number of hydrogen-bond acceptors (Lipinski definition) is 4. The smallest absolute Gasteiger partial charge is 0.168 e. The Hall–Kier alpha value is -1.04. The van der Waals surface area contributed by atoms with Gasteiger partial charge in [-0.3, -0.25) is 0 Å². The average molecular weight is 273 g/mol. The molecule has 0 aliphatic heterocycles. The van der Waals surface area contributed by atoms with Crippen molar-refractivity contribution in [1.29, 1.82) is 0 Å². The van der Waals surface area contributed by atoms with Crippen LogP contribution in [-0.4, -0.2) is 22.0 Å². The zero-order valence-corrected chi connectivity index (χ0v) is 11.1. The monoisotopic (exact) mass is 273 g/mol. The number of nitrogens with zero attached hydrogens (tertiary/aromatic N) is 1. The molecule has 3 nitrogen and oxygen atoms in total. The lowest BCUT2D eigenvalue weighted by Crippen LogP contribution is -2.27. The van der Waals surface area contributed by atoms with Crippen LogP contribution in [0.3, 0.4) is 0 Å². The molecule has 0 saturated heterocycles. The normalized spacial score (nSPS) is 23.3. The zero-order valence-electron chi connectivity index (χ0n) is 10.2. The van der Waals surface area contributed by atoms with Crippen LogP contribution < -0.4 is 11.1 Å². The molecule has 1 aliphatic carbocycles. The molecule has 2 atom stereocenters. The molecule has 0 amide bonds. The first-order valence-corrected chi connectivity index (χ1v) is 7.16. The highest BCUT2D eigenvalue weighted by atomic mass is 32.2. The van der Waals surface area contributed by atoms with E-state index in [1.165, 1.54) is 0 Å². The highest BCUT2D eigenvalue weighted by Crippen LogP contribution is 2.32. The van der Waals surface area contributed by atoms with E-state index in [9.17, 15) is 8.78 Å². The van der Waals surface area contributed by atoms with Crippen molar-refractivity contribution in [1.82, 2.24) is 4.98 Å². The number of aromatic nitrogens is 1. The van der Waals surface area contributed by atoms with Crippen LogP contribution in [0.25, 0.3) is 0 Å². The summed E-state index contributed by atoms with van der Waals surface area (Å²) in [6, 6.07) is 0.962. The maximum Gasteiger partial charge on any atom is 0.168 e. The first-order chi connectivity index (χ1) is 8.61. The van der Waals surface area contributed by atoms with Gasteiger partial charge in [0.15, 0.2) is 23.3 Å². The van der Waals surface area contributed by atoms with E-state index >= 15 is 0 Å².